The van der Waals surface area contributed by atoms with E-state index in [2.05, 4.69) is 42.8 Å². The zero-order valence-electron chi connectivity index (χ0n) is 13.7. The Labute approximate surface area is 135 Å². The van der Waals surface area contributed by atoms with Crippen molar-refractivity contribution in [2.24, 2.45) is 5.92 Å². The molecule has 1 N–H and O–H groups in total. The lowest BCUT2D eigenvalue weighted by Gasteiger charge is -2.39. The molecule has 1 aliphatic rings. The second-order valence-corrected chi connectivity index (χ2v) is 6.34. The quantitative estimate of drug-likeness (QED) is 0.887. The molecule has 2 amide bonds. The molecule has 1 aliphatic heterocycles. The van der Waals surface area contributed by atoms with Crippen LogP contribution in [0.5, 0.6) is 0 Å². The van der Waals surface area contributed by atoms with Crippen LogP contribution in [0.4, 0.5) is 14.9 Å². The van der Waals surface area contributed by atoms with Gasteiger partial charge in [-0.05, 0) is 37.1 Å². The number of carbonyl (C=O) groups is 1. The minimum absolute atomic E-state index is 0.00998. The number of amides is 2. The number of para-hydroxylation sites is 1. The van der Waals surface area contributed by atoms with E-state index in [4.69, 9.17) is 0 Å². The molecule has 1 atom stereocenters. The van der Waals surface area contributed by atoms with E-state index < -0.39 is 5.82 Å². The maximum Gasteiger partial charge on any atom is 0.322 e. The summed E-state index contributed by atoms with van der Waals surface area (Å²) in [5, 5.41) is 2.71. The van der Waals surface area contributed by atoms with Gasteiger partial charge in [-0.2, -0.15) is 0 Å². The monoisotopic (exact) mass is 315 g/mol. The average molecular weight is 315 g/mol. The minimum Gasteiger partial charge on any atom is -0.345 e. The number of carbonyl (C=O) groups excluding carboxylic acids is 1. The van der Waals surface area contributed by atoms with Crippen molar-refractivity contribution in [3.63, 3.8) is 0 Å². The van der Waals surface area contributed by atoms with E-state index in [1.807, 2.05) is 4.90 Å². The van der Waals surface area contributed by atoms with Crippen molar-refractivity contribution in [1.29, 1.82) is 0 Å². The Morgan fingerprint density at radius 1 is 1.22 bits per heavy atom. The van der Waals surface area contributed by atoms with Gasteiger partial charge in [-0.3, -0.25) is 0 Å². The number of hydrogen-bond acceptors (Lipinski definition) is 1. The predicted molar refractivity (Wildman–Crippen MR) is 88.9 cm³/mol. The molecule has 0 spiro atoms. The number of anilines is 1. The predicted octanol–water partition coefficient (Wildman–Crippen LogP) is 4.18. The highest BCUT2D eigenvalue weighted by atomic mass is 19.1. The Kier molecular flexibility index (Phi) is 4.11. The summed E-state index contributed by atoms with van der Waals surface area (Å²) in [5.74, 6) is -0.145. The second-order valence-electron chi connectivity index (χ2n) is 6.34. The second kappa shape index (κ2) is 6.07. The number of rotatable bonds is 2. The summed E-state index contributed by atoms with van der Waals surface area (Å²) >= 11 is 0. The first-order chi connectivity index (χ1) is 11.0. The summed E-state index contributed by atoms with van der Waals surface area (Å²) in [5.41, 5.74) is 2.57. The molecule has 0 saturated carbocycles. The number of aromatic nitrogens is 1. The topological polar surface area (TPSA) is 37.3 Å². The number of fused-ring (bicyclic) bond motifs is 1. The van der Waals surface area contributed by atoms with Crippen LogP contribution >= 0.6 is 0 Å². The van der Waals surface area contributed by atoms with E-state index >= 15 is 0 Å². The van der Waals surface area contributed by atoms with Gasteiger partial charge in [0.1, 0.15) is 5.82 Å². The molecule has 2 heterocycles. The van der Waals surface area contributed by atoms with Crippen molar-refractivity contribution >= 4 is 11.7 Å². The van der Waals surface area contributed by atoms with Gasteiger partial charge in [-0.25, -0.2) is 9.18 Å². The van der Waals surface area contributed by atoms with E-state index in [0.717, 1.165) is 12.2 Å². The van der Waals surface area contributed by atoms with Crippen molar-refractivity contribution in [2.45, 2.75) is 33.4 Å². The van der Waals surface area contributed by atoms with Crippen LogP contribution in [-0.2, 0) is 6.54 Å². The number of benzene rings is 1. The Morgan fingerprint density at radius 2 is 1.96 bits per heavy atom. The number of halogens is 1. The van der Waals surface area contributed by atoms with Gasteiger partial charge in [0, 0.05) is 24.5 Å². The van der Waals surface area contributed by atoms with E-state index in [1.165, 1.54) is 11.8 Å². The summed E-state index contributed by atoms with van der Waals surface area (Å²) in [4.78, 5) is 14.5. The summed E-state index contributed by atoms with van der Waals surface area (Å²) in [7, 11) is 0. The first-order valence-electron chi connectivity index (χ1n) is 7.97. The third kappa shape index (κ3) is 2.83. The number of nitrogens with zero attached hydrogens (tertiary/aromatic N) is 2. The van der Waals surface area contributed by atoms with Crippen LogP contribution in [0.3, 0.4) is 0 Å². The maximum atomic E-state index is 13.8. The largest absolute Gasteiger partial charge is 0.345 e. The molecular weight excluding hydrogens is 293 g/mol. The van der Waals surface area contributed by atoms with Crippen LogP contribution in [-0.4, -0.2) is 22.0 Å². The van der Waals surface area contributed by atoms with Gasteiger partial charge < -0.3 is 14.8 Å². The van der Waals surface area contributed by atoms with Crippen LogP contribution in [0.1, 0.15) is 31.3 Å². The molecule has 0 radical (unpaired) electrons. The zero-order valence-corrected chi connectivity index (χ0v) is 13.7. The van der Waals surface area contributed by atoms with Crippen LogP contribution in [0.2, 0.25) is 0 Å². The van der Waals surface area contributed by atoms with Crippen LogP contribution in [0, 0.1) is 18.7 Å². The Morgan fingerprint density at radius 3 is 2.65 bits per heavy atom. The third-order valence-electron chi connectivity index (χ3n) is 4.44. The van der Waals surface area contributed by atoms with Crippen molar-refractivity contribution in [1.82, 2.24) is 9.47 Å². The lowest BCUT2D eigenvalue weighted by atomic mass is 9.97. The smallest absolute Gasteiger partial charge is 0.322 e. The SMILES string of the molecule is Cc1ccc2n1CCN(C(=O)Nc1ccccc1F)[C@@H]2C(C)C. The van der Waals surface area contributed by atoms with Gasteiger partial charge in [0.2, 0.25) is 0 Å². The molecule has 23 heavy (non-hydrogen) atoms. The fraction of sp³-hybridized carbons (Fsp3) is 0.389. The molecule has 0 bridgehead atoms. The molecule has 0 saturated heterocycles. The zero-order chi connectivity index (χ0) is 16.6. The number of urea groups is 1. The summed E-state index contributed by atoms with van der Waals surface area (Å²) in [6.45, 7) is 7.67. The molecule has 3 rings (SSSR count). The van der Waals surface area contributed by atoms with E-state index in [0.29, 0.717) is 6.54 Å². The van der Waals surface area contributed by atoms with Gasteiger partial charge in [0.25, 0.3) is 0 Å². The molecule has 1 aromatic carbocycles. The molecule has 0 aliphatic carbocycles. The van der Waals surface area contributed by atoms with E-state index in [9.17, 15) is 9.18 Å². The van der Waals surface area contributed by atoms with Gasteiger partial charge in [0.15, 0.2) is 0 Å². The normalized spacial score (nSPS) is 17.3. The molecule has 1 aromatic heterocycles. The van der Waals surface area contributed by atoms with Crippen LogP contribution < -0.4 is 5.32 Å². The Balaban J connectivity index is 1.87. The highest BCUT2D eigenvalue weighted by molar-refractivity contribution is 5.89. The van der Waals surface area contributed by atoms with Gasteiger partial charge in [-0.1, -0.05) is 26.0 Å². The molecule has 0 fully saturated rings. The molecule has 4 nitrogen and oxygen atoms in total. The standard InChI is InChI=1S/C18H22FN3O/c1-12(2)17-16-9-8-13(3)21(16)10-11-22(17)18(23)20-15-7-5-4-6-14(15)19/h4-9,12,17H,10-11H2,1-3H3,(H,20,23)/t17-/m1/s1. The van der Waals surface area contributed by atoms with Gasteiger partial charge in [0.05, 0.1) is 11.7 Å². The summed E-state index contributed by atoms with van der Waals surface area (Å²) < 4.78 is 16.0. The van der Waals surface area contributed by atoms with E-state index in [1.54, 1.807) is 18.2 Å². The van der Waals surface area contributed by atoms with Gasteiger partial charge >= 0.3 is 6.03 Å². The lowest BCUT2D eigenvalue weighted by molar-refractivity contribution is 0.143. The fourth-order valence-corrected chi connectivity index (χ4v) is 3.34. The fourth-order valence-electron chi connectivity index (χ4n) is 3.34. The molecule has 2 aromatic rings. The number of aryl methyl sites for hydroxylation is 1. The first-order valence-corrected chi connectivity index (χ1v) is 7.97. The average Bonchev–Trinajstić information content (AvgIpc) is 2.90. The van der Waals surface area contributed by atoms with Crippen molar-refractivity contribution in [3.05, 3.63) is 53.6 Å². The molecule has 122 valence electrons. The Hall–Kier alpha value is -2.30. The highest BCUT2D eigenvalue weighted by Gasteiger charge is 2.33. The molecule has 0 unspecified atom stereocenters. The van der Waals surface area contributed by atoms with Crippen LogP contribution in [0.25, 0.3) is 0 Å². The number of hydrogen-bond donors (Lipinski definition) is 1. The highest BCUT2D eigenvalue weighted by Crippen LogP contribution is 2.34. The van der Waals surface area contributed by atoms with Gasteiger partial charge in [-0.15, -0.1) is 0 Å². The first kappa shape index (κ1) is 15.6. The van der Waals surface area contributed by atoms with Crippen LogP contribution in [0.15, 0.2) is 36.4 Å². The van der Waals surface area contributed by atoms with E-state index in [-0.39, 0.29) is 23.7 Å². The lowest BCUT2D eigenvalue weighted by Crippen LogP contribution is -2.46. The van der Waals surface area contributed by atoms with Crippen molar-refractivity contribution in [3.8, 4) is 0 Å². The number of nitrogens with one attached hydrogen (secondary N) is 1. The minimum atomic E-state index is -0.418. The summed E-state index contributed by atoms with van der Waals surface area (Å²) in [6.07, 6.45) is 0. The maximum absolute atomic E-state index is 13.8. The third-order valence-corrected chi connectivity index (χ3v) is 4.44. The van der Waals surface area contributed by atoms with Crippen molar-refractivity contribution < 1.29 is 9.18 Å². The molecular formula is C18H22FN3O. The Bertz CT molecular complexity index is 723. The summed E-state index contributed by atoms with van der Waals surface area (Å²) in [6, 6.07) is 10.2. The van der Waals surface area contributed by atoms with Crippen molar-refractivity contribution in [2.75, 3.05) is 11.9 Å². The molecule has 5 heteroatoms.